The van der Waals surface area contributed by atoms with Gasteiger partial charge in [-0.1, -0.05) is 6.58 Å². The Morgan fingerprint density at radius 2 is 1.84 bits per heavy atom. The first-order valence-electron chi connectivity index (χ1n) is 10.1. The van der Waals surface area contributed by atoms with Crippen LogP contribution in [-0.4, -0.2) is 45.9 Å². The fraction of sp³-hybridized carbons (Fsp3) is 0.375. The zero-order valence-corrected chi connectivity index (χ0v) is 17.9. The number of methoxy groups -OCH3 is 3. The Labute approximate surface area is 180 Å². The van der Waals surface area contributed by atoms with Crippen molar-refractivity contribution in [3.63, 3.8) is 0 Å². The Morgan fingerprint density at radius 3 is 2.52 bits per heavy atom. The van der Waals surface area contributed by atoms with Gasteiger partial charge in [0.1, 0.15) is 30.0 Å². The summed E-state index contributed by atoms with van der Waals surface area (Å²) in [6.07, 6.45) is -0.191. The van der Waals surface area contributed by atoms with Crippen LogP contribution in [0.2, 0.25) is 0 Å². The highest BCUT2D eigenvalue weighted by Crippen LogP contribution is 2.52. The SMILES string of the molecule is C=C(C)[C@@H]1Cc2c(ccc3c2O[C@H]2COc4cc(OC)c(OC)cc4[C@@]2(OC)C3=O)O1. The van der Waals surface area contributed by atoms with E-state index in [0.29, 0.717) is 46.3 Å². The Balaban J connectivity index is 1.66. The molecular formula is C24H24O7. The third-order valence-electron chi connectivity index (χ3n) is 6.32. The Hall–Kier alpha value is -3.19. The molecule has 162 valence electrons. The number of fused-ring (bicyclic) bond motifs is 6. The number of hydrogen-bond donors (Lipinski definition) is 0. The van der Waals surface area contributed by atoms with Crippen molar-refractivity contribution in [2.45, 2.75) is 31.2 Å². The van der Waals surface area contributed by atoms with Crippen LogP contribution in [0, 0.1) is 0 Å². The molecule has 5 rings (SSSR count). The number of Topliss-reactive ketones (excluding diaryl/α,β-unsaturated/α-hetero) is 1. The zero-order valence-electron chi connectivity index (χ0n) is 17.9. The minimum atomic E-state index is -1.36. The summed E-state index contributed by atoms with van der Waals surface area (Å²) in [5.41, 5.74) is 1.46. The van der Waals surface area contributed by atoms with Crippen LogP contribution in [0.4, 0.5) is 0 Å². The van der Waals surface area contributed by atoms with Gasteiger partial charge in [-0.25, -0.2) is 0 Å². The fourth-order valence-electron chi connectivity index (χ4n) is 4.67. The molecule has 0 amide bonds. The van der Waals surface area contributed by atoms with Gasteiger partial charge >= 0.3 is 0 Å². The quantitative estimate of drug-likeness (QED) is 0.696. The molecule has 0 saturated heterocycles. The molecule has 0 spiro atoms. The number of ketones is 1. The van der Waals surface area contributed by atoms with Crippen LogP contribution in [0.1, 0.15) is 28.4 Å². The third-order valence-corrected chi connectivity index (χ3v) is 6.32. The Bertz CT molecular complexity index is 1110. The highest BCUT2D eigenvalue weighted by atomic mass is 16.6. The minimum Gasteiger partial charge on any atom is -0.493 e. The maximum absolute atomic E-state index is 13.9. The molecule has 3 atom stereocenters. The van der Waals surface area contributed by atoms with Crippen LogP contribution >= 0.6 is 0 Å². The first kappa shape index (κ1) is 19.8. The number of ether oxygens (including phenoxy) is 6. The number of carbonyl (C=O) groups excluding carboxylic acids is 1. The van der Waals surface area contributed by atoms with Crippen molar-refractivity contribution in [1.82, 2.24) is 0 Å². The summed E-state index contributed by atoms with van der Waals surface area (Å²) in [7, 11) is 4.60. The number of carbonyl (C=O) groups is 1. The van der Waals surface area contributed by atoms with E-state index in [-0.39, 0.29) is 18.5 Å². The molecule has 0 unspecified atom stereocenters. The van der Waals surface area contributed by atoms with Crippen LogP contribution in [0.15, 0.2) is 36.4 Å². The van der Waals surface area contributed by atoms with Gasteiger partial charge in [-0.05, 0) is 30.7 Å². The molecule has 0 aromatic heterocycles. The second-order valence-electron chi connectivity index (χ2n) is 7.97. The summed E-state index contributed by atoms with van der Waals surface area (Å²) in [6.45, 7) is 6.08. The molecule has 0 aliphatic carbocycles. The number of hydrogen-bond acceptors (Lipinski definition) is 7. The largest absolute Gasteiger partial charge is 0.493 e. The van der Waals surface area contributed by atoms with Crippen molar-refractivity contribution >= 4 is 5.78 Å². The molecule has 2 aromatic rings. The van der Waals surface area contributed by atoms with Gasteiger partial charge in [-0.2, -0.15) is 0 Å². The fourth-order valence-corrected chi connectivity index (χ4v) is 4.67. The van der Waals surface area contributed by atoms with Crippen LogP contribution < -0.4 is 23.7 Å². The van der Waals surface area contributed by atoms with Crippen LogP contribution in [-0.2, 0) is 16.8 Å². The lowest BCUT2D eigenvalue weighted by Crippen LogP contribution is -2.58. The summed E-state index contributed by atoms with van der Waals surface area (Å²) in [4.78, 5) is 13.9. The van der Waals surface area contributed by atoms with Gasteiger partial charge in [0.15, 0.2) is 23.2 Å². The van der Waals surface area contributed by atoms with Crippen molar-refractivity contribution in [3.05, 3.63) is 53.1 Å². The van der Waals surface area contributed by atoms with Crippen molar-refractivity contribution in [2.24, 2.45) is 0 Å². The van der Waals surface area contributed by atoms with Crippen LogP contribution in [0.25, 0.3) is 0 Å². The summed E-state index contributed by atoms with van der Waals surface area (Å²) in [5, 5.41) is 0. The molecule has 0 radical (unpaired) electrons. The van der Waals surface area contributed by atoms with Crippen molar-refractivity contribution < 1.29 is 33.2 Å². The van der Waals surface area contributed by atoms with Gasteiger partial charge in [0.05, 0.1) is 19.8 Å². The Kier molecular flexibility index (Phi) is 4.41. The predicted octanol–water partition coefficient (Wildman–Crippen LogP) is 3.46. The molecule has 3 aliphatic rings. The van der Waals surface area contributed by atoms with E-state index in [9.17, 15) is 4.79 Å². The van der Waals surface area contributed by atoms with Gasteiger partial charge in [0, 0.05) is 30.7 Å². The van der Waals surface area contributed by atoms with Crippen molar-refractivity contribution in [2.75, 3.05) is 27.9 Å². The molecular weight excluding hydrogens is 400 g/mol. The molecule has 0 bridgehead atoms. The van der Waals surface area contributed by atoms with Gasteiger partial charge in [0.25, 0.3) is 0 Å². The smallest absolute Gasteiger partial charge is 0.207 e. The average Bonchev–Trinajstić information content (AvgIpc) is 3.23. The monoisotopic (exact) mass is 424 g/mol. The molecule has 7 heteroatoms. The molecule has 0 N–H and O–H groups in total. The maximum Gasteiger partial charge on any atom is 0.207 e. The normalized spacial score (nSPS) is 25.1. The second kappa shape index (κ2) is 6.92. The average molecular weight is 424 g/mol. The summed E-state index contributed by atoms with van der Waals surface area (Å²) < 4.78 is 35.1. The maximum atomic E-state index is 13.9. The lowest BCUT2D eigenvalue weighted by Gasteiger charge is -2.45. The van der Waals surface area contributed by atoms with Gasteiger partial charge in [-0.3, -0.25) is 4.79 Å². The highest BCUT2D eigenvalue weighted by molar-refractivity contribution is 6.08. The zero-order chi connectivity index (χ0) is 21.9. The van der Waals surface area contributed by atoms with Gasteiger partial charge in [0.2, 0.25) is 5.78 Å². The van der Waals surface area contributed by atoms with E-state index in [1.165, 1.54) is 7.11 Å². The van der Waals surface area contributed by atoms with Crippen molar-refractivity contribution in [1.29, 1.82) is 0 Å². The van der Waals surface area contributed by atoms with E-state index < -0.39 is 11.7 Å². The van der Waals surface area contributed by atoms with E-state index in [0.717, 1.165) is 11.1 Å². The molecule has 0 fully saturated rings. The number of rotatable bonds is 4. The molecule has 3 aliphatic heterocycles. The lowest BCUT2D eigenvalue weighted by molar-refractivity contribution is -0.102. The topological polar surface area (TPSA) is 72.5 Å². The number of benzene rings is 2. The summed E-state index contributed by atoms with van der Waals surface area (Å²) >= 11 is 0. The first-order chi connectivity index (χ1) is 14.9. The lowest BCUT2D eigenvalue weighted by atomic mass is 9.76. The summed E-state index contributed by atoms with van der Waals surface area (Å²) in [6, 6.07) is 6.99. The minimum absolute atomic E-state index is 0.130. The molecule has 31 heavy (non-hydrogen) atoms. The van der Waals surface area contributed by atoms with E-state index in [4.69, 9.17) is 28.4 Å². The molecule has 3 heterocycles. The van der Waals surface area contributed by atoms with Gasteiger partial charge in [-0.15, -0.1) is 0 Å². The van der Waals surface area contributed by atoms with E-state index in [1.54, 1.807) is 32.4 Å². The summed E-state index contributed by atoms with van der Waals surface area (Å²) in [5.74, 6) is 2.57. The second-order valence-corrected chi connectivity index (χ2v) is 7.97. The van der Waals surface area contributed by atoms with Gasteiger partial charge < -0.3 is 28.4 Å². The van der Waals surface area contributed by atoms with E-state index >= 15 is 0 Å². The van der Waals surface area contributed by atoms with E-state index in [2.05, 4.69) is 6.58 Å². The van der Waals surface area contributed by atoms with Crippen LogP contribution in [0.5, 0.6) is 28.7 Å². The molecule has 0 saturated carbocycles. The van der Waals surface area contributed by atoms with Crippen molar-refractivity contribution in [3.8, 4) is 28.7 Å². The Morgan fingerprint density at radius 1 is 1.10 bits per heavy atom. The molecule has 7 nitrogen and oxygen atoms in total. The van der Waals surface area contributed by atoms with E-state index in [1.807, 2.05) is 13.0 Å². The standard InChI is InChI=1S/C24H24O7/c1-12(2)17-8-14-16(30-17)7-6-13-22(14)31-21-11-29-18-10-20(27-4)19(26-3)9-15(18)24(21,28-5)23(13)25/h6-7,9-10,17,21H,1,8,11H2,2-5H3/t17-,21-,24-/m0/s1. The third kappa shape index (κ3) is 2.59. The first-order valence-corrected chi connectivity index (χ1v) is 10.1. The highest BCUT2D eigenvalue weighted by Gasteiger charge is 2.58. The van der Waals surface area contributed by atoms with Crippen LogP contribution in [0.3, 0.4) is 0 Å². The predicted molar refractivity (Wildman–Crippen MR) is 112 cm³/mol. The molecule has 2 aromatic carbocycles.